The van der Waals surface area contributed by atoms with E-state index in [0.29, 0.717) is 0 Å². The summed E-state index contributed by atoms with van der Waals surface area (Å²) >= 11 is 0. The average Bonchev–Trinajstić information content (AvgIpc) is 2.46. The maximum atomic E-state index is 4.70. The van der Waals surface area contributed by atoms with Crippen molar-refractivity contribution in [1.29, 1.82) is 0 Å². The molecule has 3 nitrogen and oxygen atoms in total. The van der Waals surface area contributed by atoms with Crippen molar-refractivity contribution in [2.75, 3.05) is 0 Å². The highest BCUT2D eigenvalue weighted by Crippen LogP contribution is 2.10. The molecule has 1 aliphatic rings. The van der Waals surface area contributed by atoms with Gasteiger partial charge in [-0.25, -0.2) is 0 Å². The van der Waals surface area contributed by atoms with Crippen LogP contribution in [-0.2, 0) is 25.9 Å². The van der Waals surface area contributed by atoms with Crippen LogP contribution in [0.1, 0.15) is 29.7 Å². The zero-order chi connectivity index (χ0) is 13.8. The van der Waals surface area contributed by atoms with Crippen LogP contribution in [0.15, 0.2) is 48.0 Å². The molecule has 0 unspecified atom stereocenters. The number of aromatic nitrogens is 2. The second-order valence-corrected chi connectivity index (χ2v) is 5.28. The van der Waals surface area contributed by atoms with E-state index < -0.39 is 0 Å². The Morgan fingerprint density at radius 1 is 0.850 bits per heavy atom. The van der Waals surface area contributed by atoms with Crippen LogP contribution in [0.25, 0.3) is 0 Å². The number of rotatable bonds is 0. The van der Waals surface area contributed by atoms with Crippen molar-refractivity contribution in [3.05, 3.63) is 70.8 Å². The molecule has 3 rings (SSSR count). The predicted octanol–water partition coefficient (Wildman–Crippen LogP) is 2.81. The van der Waals surface area contributed by atoms with Crippen LogP contribution in [0.4, 0.5) is 0 Å². The van der Waals surface area contributed by atoms with Crippen LogP contribution >= 0.6 is 0 Å². The fourth-order valence-corrected chi connectivity index (χ4v) is 2.42. The highest BCUT2D eigenvalue weighted by atomic mass is 14.9. The van der Waals surface area contributed by atoms with E-state index in [1.807, 2.05) is 0 Å². The van der Waals surface area contributed by atoms with Gasteiger partial charge in [0.15, 0.2) is 0 Å². The zero-order valence-corrected chi connectivity index (χ0v) is 11.8. The van der Waals surface area contributed by atoms with Crippen molar-refractivity contribution in [2.24, 2.45) is 0 Å². The van der Waals surface area contributed by atoms with Gasteiger partial charge in [-0.15, -0.1) is 0 Å². The Kier molecular flexibility index (Phi) is 3.88. The number of nitrogens with one attached hydrogen (secondary N) is 1. The van der Waals surface area contributed by atoms with Crippen molar-refractivity contribution in [3.8, 4) is 0 Å². The predicted molar refractivity (Wildman–Crippen MR) is 80.2 cm³/mol. The minimum Gasteiger partial charge on any atom is -0.306 e. The summed E-state index contributed by atoms with van der Waals surface area (Å²) in [5.41, 5.74) is 5.78. The maximum Gasteiger partial charge on any atom is 0.0545 e. The molecule has 0 fully saturated rings. The normalized spacial score (nSPS) is 15.6. The van der Waals surface area contributed by atoms with Gasteiger partial charge in [0.05, 0.1) is 11.4 Å². The third-order valence-electron chi connectivity index (χ3n) is 3.46. The van der Waals surface area contributed by atoms with E-state index in [4.69, 9.17) is 4.98 Å². The Labute approximate surface area is 119 Å². The number of hydrogen-bond acceptors (Lipinski definition) is 3. The highest BCUT2D eigenvalue weighted by Gasteiger charge is 2.03. The summed E-state index contributed by atoms with van der Waals surface area (Å²) in [4.78, 5) is 9.37. The van der Waals surface area contributed by atoms with Crippen LogP contribution in [0, 0.1) is 0 Å². The first-order valence-corrected chi connectivity index (χ1v) is 7.05. The van der Waals surface area contributed by atoms with Crippen molar-refractivity contribution >= 4 is 0 Å². The number of fused-ring (bicyclic) bond motifs is 4. The minimum atomic E-state index is 0.780. The van der Waals surface area contributed by atoms with E-state index in [9.17, 15) is 0 Å². The lowest BCUT2D eigenvalue weighted by Gasteiger charge is -2.06. The summed E-state index contributed by atoms with van der Waals surface area (Å²) in [5, 5.41) is 3.41. The van der Waals surface area contributed by atoms with Gasteiger partial charge in [-0.1, -0.05) is 23.8 Å². The molecular formula is C17H19N3. The van der Waals surface area contributed by atoms with E-state index in [-0.39, 0.29) is 0 Å². The van der Waals surface area contributed by atoms with Gasteiger partial charge in [0.25, 0.3) is 0 Å². The van der Waals surface area contributed by atoms with Gasteiger partial charge in [0, 0.05) is 37.3 Å². The number of allylic oxidation sites excluding steroid dienone is 2. The summed E-state index contributed by atoms with van der Waals surface area (Å²) in [6, 6.07) is 12.5. The Morgan fingerprint density at radius 3 is 2.20 bits per heavy atom. The quantitative estimate of drug-likeness (QED) is 0.744. The molecule has 0 saturated heterocycles. The maximum absolute atomic E-state index is 4.70. The first-order chi connectivity index (χ1) is 9.79. The standard InChI is InChI=1S/C17H19N3/c1-13-8-9-14-4-2-6-16(19-14)11-18-12-17-7-3-5-15(10-13)20-17/h2-8,18H,9-12H2,1H3. The second kappa shape index (κ2) is 5.97. The highest BCUT2D eigenvalue weighted by molar-refractivity contribution is 5.20. The molecular weight excluding hydrogens is 246 g/mol. The van der Waals surface area contributed by atoms with Crippen LogP contribution in [0.2, 0.25) is 0 Å². The number of hydrogen-bond donors (Lipinski definition) is 1. The molecule has 1 aliphatic heterocycles. The second-order valence-electron chi connectivity index (χ2n) is 5.28. The van der Waals surface area contributed by atoms with E-state index in [1.54, 1.807) is 0 Å². The molecule has 0 radical (unpaired) electrons. The molecule has 2 aromatic heterocycles. The molecule has 20 heavy (non-hydrogen) atoms. The fraction of sp³-hybridized carbons (Fsp3) is 0.294. The number of pyridine rings is 2. The molecule has 3 heteroatoms. The molecule has 0 atom stereocenters. The van der Waals surface area contributed by atoms with E-state index >= 15 is 0 Å². The molecule has 0 aromatic carbocycles. The average molecular weight is 265 g/mol. The monoisotopic (exact) mass is 265 g/mol. The Bertz CT molecular complexity index is 632. The Morgan fingerprint density at radius 2 is 1.45 bits per heavy atom. The molecule has 3 heterocycles. The van der Waals surface area contributed by atoms with Gasteiger partial charge in [-0.05, 0) is 31.2 Å². The van der Waals surface area contributed by atoms with Crippen molar-refractivity contribution in [3.63, 3.8) is 0 Å². The Balaban J connectivity index is 1.91. The fourth-order valence-electron chi connectivity index (χ4n) is 2.42. The van der Waals surface area contributed by atoms with Crippen molar-refractivity contribution < 1.29 is 0 Å². The third-order valence-corrected chi connectivity index (χ3v) is 3.46. The summed E-state index contributed by atoms with van der Waals surface area (Å²) in [5.74, 6) is 0. The summed E-state index contributed by atoms with van der Waals surface area (Å²) in [6.07, 6.45) is 4.05. The molecule has 0 aliphatic carbocycles. The van der Waals surface area contributed by atoms with E-state index in [0.717, 1.165) is 48.7 Å². The van der Waals surface area contributed by atoms with Crippen LogP contribution in [0.5, 0.6) is 0 Å². The molecule has 0 amide bonds. The van der Waals surface area contributed by atoms with Gasteiger partial charge in [0.1, 0.15) is 0 Å². The topological polar surface area (TPSA) is 37.8 Å². The SMILES string of the molecule is CC1=CCc2cccc(n2)CNCc2cccc(n2)C1. The lowest BCUT2D eigenvalue weighted by atomic mass is 10.1. The first-order valence-electron chi connectivity index (χ1n) is 7.05. The number of nitrogens with zero attached hydrogens (tertiary/aromatic N) is 2. The molecule has 1 N–H and O–H groups in total. The van der Waals surface area contributed by atoms with Gasteiger partial charge >= 0.3 is 0 Å². The minimum absolute atomic E-state index is 0.780. The summed E-state index contributed by atoms with van der Waals surface area (Å²) < 4.78 is 0. The third kappa shape index (κ3) is 3.31. The van der Waals surface area contributed by atoms with E-state index in [1.165, 1.54) is 5.57 Å². The van der Waals surface area contributed by atoms with Crippen LogP contribution in [-0.4, -0.2) is 9.97 Å². The molecule has 0 saturated carbocycles. The smallest absolute Gasteiger partial charge is 0.0545 e. The molecule has 102 valence electrons. The lowest BCUT2D eigenvalue weighted by Crippen LogP contribution is -2.15. The van der Waals surface area contributed by atoms with Crippen LogP contribution < -0.4 is 5.32 Å². The Hall–Kier alpha value is -2.00. The largest absolute Gasteiger partial charge is 0.306 e. The summed E-state index contributed by atoms with van der Waals surface area (Å²) in [7, 11) is 0. The van der Waals surface area contributed by atoms with Gasteiger partial charge in [0.2, 0.25) is 0 Å². The first kappa shape index (κ1) is 13.0. The molecule has 0 spiro atoms. The van der Waals surface area contributed by atoms with E-state index in [2.05, 4.69) is 59.7 Å². The van der Waals surface area contributed by atoms with Crippen molar-refractivity contribution in [2.45, 2.75) is 32.9 Å². The lowest BCUT2D eigenvalue weighted by molar-refractivity contribution is 0.663. The van der Waals surface area contributed by atoms with Crippen molar-refractivity contribution in [1.82, 2.24) is 15.3 Å². The summed E-state index contributed by atoms with van der Waals surface area (Å²) in [6.45, 7) is 3.72. The molecule has 4 bridgehead atoms. The zero-order valence-electron chi connectivity index (χ0n) is 11.8. The molecule has 2 aromatic rings. The van der Waals surface area contributed by atoms with Crippen LogP contribution in [0.3, 0.4) is 0 Å². The van der Waals surface area contributed by atoms with Gasteiger partial charge in [-0.3, -0.25) is 9.97 Å². The van der Waals surface area contributed by atoms with Gasteiger partial charge in [-0.2, -0.15) is 0 Å². The van der Waals surface area contributed by atoms with Gasteiger partial charge < -0.3 is 5.32 Å².